The summed E-state index contributed by atoms with van der Waals surface area (Å²) in [6.45, 7) is 5.34. The minimum Gasteiger partial charge on any atom is -0.394 e. The van der Waals surface area contributed by atoms with E-state index in [1.807, 2.05) is 6.08 Å². The normalized spacial score (nSPS) is 27.0. The van der Waals surface area contributed by atoms with Gasteiger partial charge in [0, 0.05) is 19.5 Å². The van der Waals surface area contributed by atoms with Gasteiger partial charge in [0.15, 0.2) is 0 Å². The van der Waals surface area contributed by atoms with Gasteiger partial charge >= 0.3 is 0 Å². The molecule has 3 N–H and O–H groups in total. The Balaban J connectivity index is 1.71. The first-order valence-electron chi connectivity index (χ1n) is 9.35. The summed E-state index contributed by atoms with van der Waals surface area (Å²) >= 11 is 0. The third-order valence-corrected chi connectivity index (χ3v) is 4.70. The second-order valence-electron chi connectivity index (χ2n) is 6.68. The Bertz CT molecular complexity index is 463. The van der Waals surface area contributed by atoms with Crippen LogP contribution in [-0.4, -0.2) is 72.9 Å². The van der Waals surface area contributed by atoms with Gasteiger partial charge in [0.2, 0.25) is 11.8 Å². The van der Waals surface area contributed by atoms with E-state index in [0.717, 1.165) is 19.6 Å². The molecule has 0 spiro atoms. The minimum absolute atomic E-state index is 0.0561. The molecule has 2 aliphatic heterocycles. The van der Waals surface area contributed by atoms with Crippen LogP contribution < -0.4 is 10.6 Å². The van der Waals surface area contributed by atoms with Crippen LogP contribution >= 0.6 is 0 Å². The van der Waals surface area contributed by atoms with Gasteiger partial charge in [0.1, 0.15) is 6.10 Å². The molecular weight excluding hydrogens is 322 g/mol. The molecule has 2 aliphatic rings. The lowest BCUT2D eigenvalue weighted by atomic mass is 10.0. The van der Waals surface area contributed by atoms with E-state index in [0.29, 0.717) is 13.0 Å². The second kappa shape index (κ2) is 10.5. The van der Waals surface area contributed by atoms with Gasteiger partial charge in [-0.3, -0.25) is 9.59 Å². The van der Waals surface area contributed by atoms with Crippen LogP contribution in [0.25, 0.3) is 0 Å². The molecule has 142 valence electrons. The predicted molar refractivity (Wildman–Crippen MR) is 95.0 cm³/mol. The van der Waals surface area contributed by atoms with Gasteiger partial charge in [-0.1, -0.05) is 25.5 Å². The van der Waals surface area contributed by atoms with Crippen LogP contribution in [0.3, 0.4) is 0 Å². The number of hydrogen-bond acceptors (Lipinski definition) is 5. The number of piperidine rings is 1. The van der Waals surface area contributed by atoms with Crippen LogP contribution in [0.15, 0.2) is 12.2 Å². The van der Waals surface area contributed by atoms with Crippen molar-refractivity contribution in [2.45, 2.75) is 57.3 Å². The Morgan fingerprint density at radius 3 is 2.64 bits per heavy atom. The van der Waals surface area contributed by atoms with Crippen LogP contribution in [0.4, 0.5) is 0 Å². The molecule has 0 aliphatic carbocycles. The number of likely N-dealkylation sites (tertiary alicyclic amines) is 1. The van der Waals surface area contributed by atoms with E-state index in [9.17, 15) is 14.7 Å². The first-order valence-corrected chi connectivity index (χ1v) is 9.35. The highest BCUT2D eigenvalue weighted by Gasteiger charge is 2.28. The number of aliphatic hydroxyl groups is 1. The van der Waals surface area contributed by atoms with Gasteiger partial charge in [-0.05, 0) is 25.9 Å². The van der Waals surface area contributed by atoms with Crippen molar-refractivity contribution in [2.24, 2.45) is 0 Å². The fraction of sp³-hybridized carbons (Fsp3) is 0.778. The molecule has 0 aromatic carbocycles. The van der Waals surface area contributed by atoms with Crippen LogP contribution in [0.2, 0.25) is 0 Å². The van der Waals surface area contributed by atoms with E-state index in [-0.39, 0.29) is 37.0 Å². The maximum absolute atomic E-state index is 12.1. The summed E-state index contributed by atoms with van der Waals surface area (Å²) in [4.78, 5) is 26.0. The number of nitrogens with zero attached hydrogens (tertiary/aromatic N) is 1. The van der Waals surface area contributed by atoms with E-state index in [1.54, 1.807) is 13.0 Å². The lowest BCUT2D eigenvalue weighted by Gasteiger charge is -2.31. The zero-order valence-electron chi connectivity index (χ0n) is 15.1. The fourth-order valence-electron chi connectivity index (χ4n) is 3.22. The van der Waals surface area contributed by atoms with E-state index in [2.05, 4.69) is 15.5 Å². The van der Waals surface area contributed by atoms with E-state index in [4.69, 9.17) is 4.74 Å². The average molecular weight is 353 g/mol. The summed E-state index contributed by atoms with van der Waals surface area (Å²) in [6.07, 6.45) is 7.10. The van der Waals surface area contributed by atoms with Crippen molar-refractivity contribution in [2.75, 3.05) is 32.8 Å². The Morgan fingerprint density at radius 1 is 1.20 bits per heavy atom. The molecule has 2 amide bonds. The summed E-state index contributed by atoms with van der Waals surface area (Å²) in [5.74, 6) is -0.148. The molecule has 25 heavy (non-hydrogen) atoms. The van der Waals surface area contributed by atoms with Crippen molar-refractivity contribution in [1.29, 1.82) is 0 Å². The van der Waals surface area contributed by atoms with Crippen LogP contribution in [0.1, 0.15) is 39.0 Å². The number of amides is 2. The average Bonchev–Trinajstić information content (AvgIpc) is 2.63. The molecule has 2 heterocycles. The topological polar surface area (TPSA) is 90.9 Å². The largest absolute Gasteiger partial charge is 0.394 e. The van der Waals surface area contributed by atoms with E-state index in [1.165, 1.54) is 19.3 Å². The fourth-order valence-corrected chi connectivity index (χ4v) is 3.22. The van der Waals surface area contributed by atoms with Crippen molar-refractivity contribution in [3.05, 3.63) is 12.2 Å². The van der Waals surface area contributed by atoms with Crippen LogP contribution in [0, 0.1) is 0 Å². The minimum atomic E-state index is -0.522. The molecule has 3 atom stereocenters. The number of aliphatic hydroxyl groups excluding tert-OH is 1. The van der Waals surface area contributed by atoms with Gasteiger partial charge < -0.3 is 25.4 Å². The number of carbonyl (C=O) groups is 2. The number of rotatable bonds is 8. The van der Waals surface area contributed by atoms with Gasteiger partial charge in [0.25, 0.3) is 0 Å². The quantitative estimate of drug-likeness (QED) is 0.542. The summed E-state index contributed by atoms with van der Waals surface area (Å²) in [5.41, 5.74) is 0. The van der Waals surface area contributed by atoms with Gasteiger partial charge in [-0.2, -0.15) is 0 Å². The third kappa shape index (κ3) is 6.76. The van der Waals surface area contributed by atoms with Gasteiger partial charge in [-0.25, -0.2) is 0 Å². The highest BCUT2D eigenvalue weighted by Crippen LogP contribution is 2.16. The zero-order valence-corrected chi connectivity index (χ0v) is 15.1. The predicted octanol–water partition coefficient (Wildman–Crippen LogP) is 0.189. The Hall–Kier alpha value is -1.44. The maximum Gasteiger partial charge on any atom is 0.222 e. The first kappa shape index (κ1) is 19.9. The standard InChI is InChI=1S/C18H31N3O4/c1-2-17(23)20-15-7-6-14(25-16(15)13-22)12-18(24)19-8-11-21-9-4-3-5-10-21/h6-7,14-16,22H,2-5,8-13H2,1H3,(H,19,24)(H,20,23)/t14-,15+,16-/m0/s1. The maximum atomic E-state index is 12.1. The van der Waals surface area contributed by atoms with Crippen LogP contribution in [0.5, 0.6) is 0 Å². The number of nitrogens with one attached hydrogen (secondary N) is 2. The smallest absolute Gasteiger partial charge is 0.222 e. The van der Waals surface area contributed by atoms with Crippen molar-refractivity contribution < 1.29 is 19.4 Å². The lowest BCUT2D eigenvalue weighted by Crippen LogP contribution is -2.49. The molecule has 0 aromatic rings. The molecule has 1 fully saturated rings. The summed E-state index contributed by atoms with van der Waals surface area (Å²) in [6, 6.07) is -0.351. The molecule has 7 nitrogen and oxygen atoms in total. The van der Waals surface area contributed by atoms with Gasteiger partial charge in [-0.15, -0.1) is 0 Å². The molecule has 0 bridgehead atoms. The van der Waals surface area contributed by atoms with E-state index >= 15 is 0 Å². The number of ether oxygens (including phenoxy) is 1. The van der Waals surface area contributed by atoms with Crippen molar-refractivity contribution >= 4 is 11.8 Å². The highest BCUT2D eigenvalue weighted by molar-refractivity contribution is 5.77. The SMILES string of the molecule is CCC(=O)N[C@@H]1C=C[C@@H](CC(=O)NCCN2CCCCC2)O[C@H]1CO. The molecule has 0 aromatic heterocycles. The van der Waals surface area contributed by atoms with Gasteiger partial charge in [0.05, 0.1) is 25.2 Å². The summed E-state index contributed by atoms with van der Waals surface area (Å²) in [7, 11) is 0. The third-order valence-electron chi connectivity index (χ3n) is 4.70. The highest BCUT2D eigenvalue weighted by atomic mass is 16.5. The molecule has 2 rings (SSSR count). The van der Waals surface area contributed by atoms with Crippen molar-refractivity contribution in [3.63, 3.8) is 0 Å². The van der Waals surface area contributed by atoms with Crippen LogP contribution in [-0.2, 0) is 14.3 Å². The molecule has 7 heteroatoms. The number of carbonyl (C=O) groups excluding carboxylic acids is 2. The zero-order chi connectivity index (χ0) is 18.1. The van der Waals surface area contributed by atoms with E-state index < -0.39 is 6.10 Å². The molecule has 1 saturated heterocycles. The molecule has 0 radical (unpaired) electrons. The Kier molecular flexibility index (Phi) is 8.37. The number of hydrogen-bond donors (Lipinski definition) is 3. The summed E-state index contributed by atoms with van der Waals surface area (Å²) < 4.78 is 5.74. The lowest BCUT2D eigenvalue weighted by molar-refractivity contribution is -0.128. The Labute approximate surface area is 149 Å². The monoisotopic (exact) mass is 353 g/mol. The molecule has 0 unspecified atom stereocenters. The first-order chi connectivity index (χ1) is 12.1. The molecule has 0 saturated carbocycles. The second-order valence-corrected chi connectivity index (χ2v) is 6.68. The van der Waals surface area contributed by atoms with Crippen molar-refractivity contribution in [1.82, 2.24) is 15.5 Å². The van der Waals surface area contributed by atoms with Crippen molar-refractivity contribution in [3.8, 4) is 0 Å². The molecular formula is C18H31N3O4. The Morgan fingerprint density at radius 2 is 1.96 bits per heavy atom. The summed E-state index contributed by atoms with van der Waals surface area (Å²) in [5, 5.41) is 15.2.